The molecular weight excluding hydrogens is 298 g/mol. The van der Waals surface area contributed by atoms with Gasteiger partial charge in [0.2, 0.25) is 0 Å². The number of rotatable bonds is 4. The second kappa shape index (κ2) is 6.71. The largest absolute Gasteiger partial charge is 0.295 e. The summed E-state index contributed by atoms with van der Waals surface area (Å²) in [5.74, 6) is 0. The highest BCUT2D eigenvalue weighted by Crippen LogP contribution is 2.19. The van der Waals surface area contributed by atoms with Gasteiger partial charge >= 0.3 is 0 Å². The van der Waals surface area contributed by atoms with Crippen LogP contribution >= 0.6 is 0 Å². The van der Waals surface area contributed by atoms with Crippen LogP contribution in [0.2, 0.25) is 0 Å². The average Bonchev–Trinajstić information content (AvgIpc) is 2.87. The maximum Gasteiger partial charge on any atom is 0.280 e. The third-order valence-corrected chi connectivity index (χ3v) is 4.08. The molecule has 0 bridgehead atoms. The fraction of sp³-hybridized carbons (Fsp3) is 0.200. The second-order valence-corrected chi connectivity index (χ2v) is 5.87. The quantitative estimate of drug-likeness (QED) is 0.723. The van der Waals surface area contributed by atoms with Gasteiger partial charge in [0.15, 0.2) is 0 Å². The molecule has 0 saturated carbocycles. The van der Waals surface area contributed by atoms with E-state index in [0.29, 0.717) is 5.56 Å². The minimum Gasteiger partial charge on any atom is -0.295 e. The van der Waals surface area contributed by atoms with E-state index in [4.69, 9.17) is 0 Å². The van der Waals surface area contributed by atoms with E-state index in [1.165, 1.54) is 5.56 Å². The van der Waals surface area contributed by atoms with Crippen LogP contribution in [0, 0.1) is 13.8 Å². The van der Waals surface area contributed by atoms with Crippen molar-refractivity contribution in [2.45, 2.75) is 27.2 Å². The molecular formula is C20H21N3O. The lowest BCUT2D eigenvalue weighted by atomic mass is 10.1. The fourth-order valence-electron chi connectivity index (χ4n) is 2.73. The highest BCUT2D eigenvalue weighted by molar-refractivity contribution is 5.83. The van der Waals surface area contributed by atoms with Crippen molar-refractivity contribution in [2.75, 3.05) is 0 Å². The fourth-order valence-corrected chi connectivity index (χ4v) is 2.73. The smallest absolute Gasteiger partial charge is 0.280 e. The summed E-state index contributed by atoms with van der Waals surface area (Å²) in [7, 11) is 0. The summed E-state index contributed by atoms with van der Waals surface area (Å²) in [6.45, 7) is 6.00. The van der Waals surface area contributed by atoms with Gasteiger partial charge in [-0.05, 0) is 49.6 Å². The van der Waals surface area contributed by atoms with E-state index < -0.39 is 0 Å². The molecule has 1 N–H and O–H groups in total. The van der Waals surface area contributed by atoms with E-state index in [9.17, 15) is 4.79 Å². The molecule has 3 aromatic rings. The van der Waals surface area contributed by atoms with Gasteiger partial charge in [0, 0.05) is 11.9 Å². The summed E-state index contributed by atoms with van der Waals surface area (Å²) in [6, 6.07) is 15.8. The van der Waals surface area contributed by atoms with Gasteiger partial charge in [0.1, 0.15) is 0 Å². The van der Waals surface area contributed by atoms with Crippen molar-refractivity contribution in [2.24, 2.45) is 4.99 Å². The van der Waals surface area contributed by atoms with Crippen molar-refractivity contribution in [3.63, 3.8) is 0 Å². The molecule has 0 aliphatic heterocycles. The Morgan fingerprint density at radius 3 is 2.67 bits per heavy atom. The summed E-state index contributed by atoms with van der Waals surface area (Å²) >= 11 is 0. The van der Waals surface area contributed by atoms with E-state index in [1.54, 1.807) is 10.9 Å². The van der Waals surface area contributed by atoms with Gasteiger partial charge < -0.3 is 0 Å². The van der Waals surface area contributed by atoms with Gasteiger partial charge in [-0.25, -0.2) is 4.68 Å². The molecule has 4 nitrogen and oxygen atoms in total. The first-order valence-corrected chi connectivity index (χ1v) is 8.10. The van der Waals surface area contributed by atoms with Crippen LogP contribution in [0.15, 0.2) is 58.3 Å². The van der Waals surface area contributed by atoms with E-state index in [1.807, 2.05) is 56.3 Å². The minimum atomic E-state index is -0.0872. The predicted molar refractivity (Wildman–Crippen MR) is 98.9 cm³/mol. The maximum absolute atomic E-state index is 12.7. The number of para-hydroxylation sites is 1. The van der Waals surface area contributed by atoms with Gasteiger partial charge in [-0.2, -0.15) is 0 Å². The zero-order chi connectivity index (χ0) is 17.1. The van der Waals surface area contributed by atoms with Gasteiger partial charge in [0.25, 0.3) is 5.56 Å². The maximum atomic E-state index is 12.7. The summed E-state index contributed by atoms with van der Waals surface area (Å²) in [6.07, 6.45) is 2.57. The molecule has 0 radical (unpaired) electrons. The molecule has 1 aromatic heterocycles. The molecule has 0 unspecified atom stereocenters. The highest BCUT2D eigenvalue weighted by Gasteiger charge is 2.11. The first-order chi connectivity index (χ1) is 11.6. The zero-order valence-corrected chi connectivity index (χ0v) is 14.2. The average molecular weight is 319 g/mol. The highest BCUT2D eigenvalue weighted by atomic mass is 16.1. The molecule has 0 spiro atoms. The summed E-state index contributed by atoms with van der Waals surface area (Å²) in [4.78, 5) is 17.3. The monoisotopic (exact) mass is 319 g/mol. The van der Waals surface area contributed by atoms with E-state index in [-0.39, 0.29) is 5.56 Å². The molecule has 2 aromatic carbocycles. The van der Waals surface area contributed by atoms with Crippen LogP contribution in [-0.2, 0) is 6.42 Å². The van der Waals surface area contributed by atoms with E-state index in [0.717, 1.165) is 29.1 Å². The summed E-state index contributed by atoms with van der Waals surface area (Å²) < 4.78 is 1.56. The van der Waals surface area contributed by atoms with Gasteiger partial charge in [-0.15, -0.1) is 0 Å². The minimum absolute atomic E-state index is 0.0872. The third kappa shape index (κ3) is 3.08. The van der Waals surface area contributed by atoms with Crippen LogP contribution in [0.25, 0.3) is 5.69 Å². The molecule has 1 heterocycles. The lowest BCUT2D eigenvalue weighted by Crippen LogP contribution is -2.17. The normalized spacial score (nSPS) is 11.3. The van der Waals surface area contributed by atoms with Gasteiger partial charge in [0.05, 0.1) is 16.9 Å². The van der Waals surface area contributed by atoms with Crippen molar-refractivity contribution < 1.29 is 0 Å². The number of aliphatic imine (C=N–C) groups is 1. The summed E-state index contributed by atoms with van der Waals surface area (Å²) in [5.41, 5.74) is 5.32. The molecule has 0 aliphatic carbocycles. The SMILES string of the molecule is CCc1ccccc1N=Cc1c(C)[nH]n(-c2cccc(C)c2)c1=O. The Balaban J connectivity index is 2.01. The third-order valence-electron chi connectivity index (χ3n) is 4.08. The molecule has 4 heteroatoms. The topological polar surface area (TPSA) is 50.1 Å². The number of aromatic amines is 1. The Hall–Kier alpha value is -2.88. The molecule has 122 valence electrons. The van der Waals surface area contributed by atoms with Crippen molar-refractivity contribution in [1.82, 2.24) is 9.78 Å². The second-order valence-electron chi connectivity index (χ2n) is 5.87. The van der Waals surface area contributed by atoms with Crippen LogP contribution in [-0.4, -0.2) is 16.0 Å². The van der Waals surface area contributed by atoms with Gasteiger partial charge in [-0.3, -0.25) is 14.9 Å². The van der Waals surface area contributed by atoms with Crippen LogP contribution in [0.5, 0.6) is 0 Å². The van der Waals surface area contributed by atoms with E-state index >= 15 is 0 Å². The molecule has 0 amide bonds. The molecule has 0 fully saturated rings. The Morgan fingerprint density at radius 2 is 1.92 bits per heavy atom. The zero-order valence-electron chi connectivity index (χ0n) is 14.2. The first-order valence-electron chi connectivity index (χ1n) is 8.10. The van der Waals surface area contributed by atoms with Crippen molar-refractivity contribution in [3.05, 3.63) is 81.3 Å². The molecule has 0 aliphatic rings. The predicted octanol–water partition coefficient (Wildman–Crippen LogP) is 4.10. The lowest BCUT2D eigenvalue weighted by Gasteiger charge is -2.02. The van der Waals surface area contributed by atoms with Crippen molar-refractivity contribution >= 4 is 11.9 Å². The number of aryl methyl sites for hydroxylation is 3. The van der Waals surface area contributed by atoms with Crippen LogP contribution in [0.1, 0.15) is 29.3 Å². The number of H-pyrrole nitrogens is 1. The Kier molecular flexibility index (Phi) is 4.47. The van der Waals surface area contributed by atoms with Gasteiger partial charge in [-0.1, -0.05) is 37.3 Å². The van der Waals surface area contributed by atoms with Crippen molar-refractivity contribution in [1.29, 1.82) is 0 Å². The number of hydrogen-bond donors (Lipinski definition) is 1. The molecule has 0 saturated heterocycles. The number of nitrogens with zero attached hydrogens (tertiary/aromatic N) is 2. The van der Waals surface area contributed by atoms with Crippen LogP contribution in [0.3, 0.4) is 0 Å². The van der Waals surface area contributed by atoms with Crippen LogP contribution < -0.4 is 5.56 Å². The van der Waals surface area contributed by atoms with E-state index in [2.05, 4.69) is 23.1 Å². The first kappa shape index (κ1) is 16.0. The molecule has 24 heavy (non-hydrogen) atoms. The number of benzene rings is 2. The summed E-state index contributed by atoms with van der Waals surface area (Å²) in [5, 5.41) is 3.13. The number of hydrogen-bond acceptors (Lipinski definition) is 2. The number of aromatic nitrogens is 2. The standard InChI is InChI=1S/C20H21N3O/c1-4-16-9-5-6-11-19(16)21-13-18-15(3)22-23(20(18)24)17-10-7-8-14(2)12-17/h5-13,22H,4H2,1-3H3. The van der Waals surface area contributed by atoms with Crippen LogP contribution in [0.4, 0.5) is 5.69 Å². The molecule has 3 rings (SSSR count). The lowest BCUT2D eigenvalue weighted by molar-refractivity contribution is 0.834. The molecule has 0 atom stereocenters. The Morgan fingerprint density at radius 1 is 1.12 bits per heavy atom. The Labute approximate surface area is 141 Å². The van der Waals surface area contributed by atoms with Crippen molar-refractivity contribution in [3.8, 4) is 5.69 Å². The number of nitrogens with one attached hydrogen (secondary N) is 1. The Bertz CT molecular complexity index is 948.